The molecule has 4 heterocycles. The fourth-order valence-corrected chi connectivity index (χ4v) is 6.26. The maximum Gasteiger partial charge on any atom is 0.164 e. The van der Waals surface area contributed by atoms with Crippen molar-refractivity contribution >= 4 is 0 Å². The first-order chi connectivity index (χ1) is 27.7. The first-order valence-electron chi connectivity index (χ1n) is 19.2. The third-order valence-electron chi connectivity index (χ3n) is 9.42. The molecule has 280 valence electrons. The van der Waals surface area contributed by atoms with Crippen molar-refractivity contribution in [3.63, 3.8) is 0 Å². The summed E-state index contributed by atoms with van der Waals surface area (Å²) in [7, 11) is 0. The molecule has 0 radical (unpaired) electrons. The summed E-state index contributed by atoms with van der Waals surface area (Å²) in [4.78, 5) is 48.8. The maximum absolute atomic E-state index is 5.10. The third kappa shape index (κ3) is 8.21. The Hall–Kier alpha value is -6.94. The summed E-state index contributed by atoms with van der Waals surface area (Å²) in [6.45, 7) is 12.6. The van der Waals surface area contributed by atoms with Gasteiger partial charge in [0.05, 0.1) is 0 Å². The molecule has 0 bridgehead atoms. The number of hydrogen-bond donors (Lipinski definition) is 0. The first kappa shape index (κ1) is 37.0. The zero-order chi connectivity index (χ0) is 39.5. The number of hydrogen-bond acceptors (Lipinski definition) is 10. The molecule has 8 aromatic rings. The molecule has 0 fully saturated rings. The average Bonchev–Trinajstić information content (AvgIpc) is 3.26. The molecule has 0 spiro atoms. The highest BCUT2D eigenvalue weighted by atomic mass is 15.1. The molecule has 57 heavy (non-hydrogen) atoms. The summed E-state index contributed by atoms with van der Waals surface area (Å²) >= 11 is 0. The Bertz CT molecular complexity index is 2560. The summed E-state index contributed by atoms with van der Waals surface area (Å²) in [6.07, 6.45) is 3.62. The summed E-state index contributed by atoms with van der Waals surface area (Å²) in [5.74, 6) is 6.14. The molecule has 4 aromatic heterocycles. The monoisotopic (exact) mass is 746 g/mol. The molecule has 8 rings (SSSR count). The molecule has 0 amide bonds. The lowest BCUT2D eigenvalue weighted by Crippen LogP contribution is -2.08. The smallest absolute Gasteiger partial charge is 0.164 e. The van der Waals surface area contributed by atoms with E-state index in [-0.39, 0.29) is 17.8 Å². The van der Waals surface area contributed by atoms with Gasteiger partial charge in [-0.2, -0.15) is 0 Å². The van der Waals surface area contributed by atoms with Crippen LogP contribution < -0.4 is 0 Å². The van der Waals surface area contributed by atoms with Gasteiger partial charge >= 0.3 is 0 Å². The number of pyridine rings is 1. The van der Waals surface area contributed by atoms with Gasteiger partial charge in [0.15, 0.2) is 34.9 Å². The quantitative estimate of drug-likeness (QED) is 0.133. The van der Waals surface area contributed by atoms with Crippen molar-refractivity contribution in [2.24, 2.45) is 0 Å². The van der Waals surface area contributed by atoms with E-state index in [1.807, 2.05) is 109 Å². The second-order valence-corrected chi connectivity index (χ2v) is 14.8. The number of benzene rings is 4. The fourth-order valence-electron chi connectivity index (χ4n) is 6.26. The Balaban J connectivity index is 1.26. The van der Waals surface area contributed by atoms with Crippen LogP contribution in [0.5, 0.6) is 0 Å². The number of rotatable bonds is 10. The predicted molar refractivity (Wildman–Crippen MR) is 225 cm³/mol. The van der Waals surface area contributed by atoms with Crippen molar-refractivity contribution in [1.82, 2.24) is 49.8 Å². The highest BCUT2D eigenvalue weighted by Gasteiger charge is 2.19. The van der Waals surface area contributed by atoms with Crippen molar-refractivity contribution in [2.45, 2.75) is 59.3 Å². The first-order valence-corrected chi connectivity index (χ1v) is 19.2. The zero-order valence-corrected chi connectivity index (χ0v) is 32.8. The topological polar surface area (TPSA) is 129 Å². The van der Waals surface area contributed by atoms with Crippen LogP contribution in [0.3, 0.4) is 0 Å². The summed E-state index contributed by atoms with van der Waals surface area (Å²) in [5, 5.41) is 0. The molecule has 10 heteroatoms. The van der Waals surface area contributed by atoms with E-state index < -0.39 is 0 Å². The molecule has 0 saturated carbocycles. The highest BCUT2D eigenvalue weighted by molar-refractivity contribution is 5.79. The van der Waals surface area contributed by atoms with Crippen LogP contribution in [0.4, 0.5) is 0 Å². The van der Waals surface area contributed by atoms with E-state index in [1.165, 1.54) is 0 Å². The van der Waals surface area contributed by atoms with Crippen molar-refractivity contribution in [2.75, 3.05) is 0 Å². The lowest BCUT2D eigenvalue weighted by atomic mass is 9.99. The van der Waals surface area contributed by atoms with Crippen LogP contribution in [0.2, 0.25) is 0 Å². The standard InChI is InChI=1S/C47H42N10/c1-28(2)39-49-40(29(3)4)51-44(50-39)33-19-21-34(22-20-33)45-52-41(30(5)6)53-46(57-45)37-24-36(35-18-13-23-48-27-35)25-38(26-37)47-55-42(31-14-9-7-10-15-31)54-43(56-47)32-16-11-8-12-17-32/h7-30H,1-6H3. The van der Waals surface area contributed by atoms with E-state index in [4.69, 9.17) is 44.9 Å². The maximum atomic E-state index is 5.10. The Labute approximate surface area is 332 Å². The second kappa shape index (κ2) is 16.0. The van der Waals surface area contributed by atoms with Gasteiger partial charge in [-0.25, -0.2) is 44.9 Å². The molecule has 0 aliphatic heterocycles. The van der Waals surface area contributed by atoms with Crippen molar-refractivity contribution in [1.29, 1.82) is 0 Å². The van der Waals surface area contributed by atoms with Gasteiger partial charge in [0.25, 0.3) is 0 Å². The summed E-state index contributed by atoms with van der Waals surface area (Å²) in [6, 6.07) is 38.2. The van der Waals surface area contributed by atoms with Gasteiger partial charge < -0.3 is 0 Å². The van der Waals surface area contributed by atoms with Gasteiger partial charge in [-0.15, -0.1) is 0 Å². The van der Waals surface area contributed by atoms with Gasteiger partial charge in [0.2, 0.25) is 0 Å². The third-order valence-corrected chi connectivity index (χ3v) is 9.42. The van der Waals surface area contributed by atoms with Crippen LogP contribution in [-0.2, 0) is 0 Å². The van der Waals surface area contributed by atoms with Gasteiger partial charge in [0, 0.05) is 69.1 Å². The Morgan fingerprint density at radius 1 is 0.298 bits per heavy atom. The van der Waals surface area contributed by atoms with E-state index in [2.05, 4.69) is 58.7 Å². The molecule has 4 aromatic carbocycles. The van der Waals surface area contributed by atoms with E-state index in [1.54, 1.807) is 6.20 Å². The molecular weight excluding hydrogens is 705 g/mol. The Kier molecular flexibility index (Phi) is 10.4. The molecule has 0 aliphatic carbocycles. The lowest BCUT2D eigenvalue weighted by molar-refractivity contribution is 0.697. The van der Waals surface area contributed by atoms with Crippen molar-refractivity contribution in [3.05, 3.63) is 145 Å². The highest BCUT2D eigenvalue weighted by Crippen LogP contribution is 2.34. The van der Waals surface area contributed by atoms with Crippen LogP contribution in [0, 0.1) is 0 Å². The molecule has 0 atom stereocenters. The van der Waals surface area contributed by atoms with E-state index in [9.17, 15) is 0 Å². The minimum absolute atomic E-state index is 0.0465. The number of aromatic nitrogens is 10. The van der Waals surface area contributed by atoms with Gasteiger partial charge in [0.1, 0.15) is 17.5 Å². The minimum Gasteiger partial charge on any atom is -0.264 e. The summed E-state index contributed by atoms with van der Waals surface area (Å²) < 4.78 is 0. The van der Waals surface area contributed by atoms with Crippen LogP contribution in [-0.4, -0.2) is 49.8 Å². The Morgan fingerprint density at radius 3 is 1.05 bits per heavy atom. The largest absolute Gasteiger partial charge is 0.264 e. The molecule has 0 aliphatic rings. The van der Waals surface area contributed by atoms with Crippen LogP contribution >= 0.6 is 0 Å². The minimum atomic E-state index is 0.0465. The van der Waals surface area contributed by atoms with Gasteiger partial charge in [-0.05, 0) is 29.8 Å². The molecule has 10 nitrogen and oxygen atoms in total. The van der Waals surface area contributed by atoms with Crippen LogP contribution in [0.15, 0.2) is 128 Å². The molecule has 0 unspecified atom stereocenters. The zero-order valence-electron chi connectivity index (χ0n) is 32.8. The molecule has 0 N–H and O–H groups in total. The predicted octanol–water partition coefficient (Wildman–Crippen LogP) is 10.7. The second-order valence-electron chi connectivity index (χ2n) is 14.8. The lowest BCUT2D eigenvalue weighted by Gasteiger charge is -2.14. The summed E-state index contributed by atoms with van der Waals surface area (Å²) in [5.41, 5.74) is 7.00. The fraction of sp³-hybridized carbons (Fsp3) is 0.191. The van der Waals surface area contributed by atoms with E-state index in [0.29, 0.717) is 40.8 Å². The van der Waals surface area contributed by atoms with Gasteiger partial charge in [-0.1, -0.05) is 133 Å². The normalized spacial score (nSPS) is 11.5. The Morgan fingerprint density at radius 2 is 0.632 bits per heavy atom. The SMILES string of the molecule is CC(C)c1nc(-c2ccc(-c3nc(C(C)C)nc(C(C)C)n3)cc2)nc(-c2cc(-c3cccnc3)cc(-c3nc(-c4ccccc4)nc(-c4ccccc4)n3)c2)n1. The van der Waals surface area contributed by atoms with Crippen molar-refractivity contribution in [3.8, 4) is 79.5 Å². The van der Waals surface area contributed by atoms with E-state index >= 15 is 0 Å². The van der Waals surface area contributed by atoms with E-state index in [0.717, 1.165) is 56.2 Å². The van der Waals surface area contributed by atoms with Crippen molar-refractivity contribution < 1.29 is 0 Å². The van der Waals surface area contributed by atoms with Crippen LogP contribution in [0.25, 0.3) is 79.5 Å². The van der Waals surface area contributed by atoms with Gasteiger partial charge in [-0.3, -0.25) is 4.98 Å². The number of nitrogens with zero attached hydrogens (tertiary/aromatic N) is 10. The average molecular weight is 747 g/mol. The molecule has 0 saturated heterocycles. The van der Waals surface area contributed by atoms with Crippen LogP contribution in [0.1, 0.15) is 76.8 Å². The molecular formula is C47H42N10.